The molecule has 0 fully saturated rings. The molecular formula is C10H15BrN2O3S. The van der Waals surface area contributed by atoms with E-state index in [4.69, 9.17) is 5.73 Å². The molecule has 0 aliphatic heterocycles. The Bertz CT molecular complexity index is 406. The molecule has 5 nitrogen and oxygen atoms in total. The summed E-state index contributed by atoms with van der Waals surface area (Å²) >= 11 is 1.34. The number of halogens is 1. The molecule has 1 aromatic rings. The molecule has 0 unspecified atom stereocenters. The largest absolute Gasteiger partial charge is 0.466 e. The number of hydrogen-bond acceptors (Lipinski definition) is 6. The molecule has 1 aromatic heterocycles. The number of Topliss-reactive ketones (excluding diaryl/α,β-unsaturated/α-hetero) is 1. The quantitative estimate of drug-likeness (QED) is 0.658. The van der Waals surface area contributed by atoms with Gasteiger partial charge in [0.1, 0.15) is 12.2 Å². The summed E-state index contributed by atoms with van der Waals surface area (Å²) in [6, 6.07) is 0. The third kappa shape index (κ3) is 5.27. The van der Waals surface area contributed by atoms with Crippen molar-refractivity contribution in [2.45, 2.75) is 26.7 Å². The van der Waals surface area contributed by atoms with Crippen molar-refractivity contribution < 1.29 is 14.3 Å². The summed E-state index contributed by atoms with van der Waals surface area (Å²) in [5.74, 6) is -0.694. The highest BCUT2D eigenvalue weighted by Crippen LogP contribution is 2.19. The van der Waals surface area contributed by atoms with E-state index < -0.39 is 5.97 Å². The summed E-state index contributed by atoms with van der Waals surface area (Å²) in [6.07, 6.45) is -0.0664. The molecule has 0 amide bonds. The van der Waals surface area contributed by atoms with E-state index in [9.17, 15) is 9.59 Å². The number of aryl methyl sites for hydroxylation is 1. The van der Waals surface area contributed by atoms with Crippen LogP contribution in [0.5, 0.6) is 0 Å². The van der Waals surface area contributed by atoms with Gasteiger partial charge in [-0.05, 0) is 13.8 Å². The van der Waals surface area contributed by atoms with Gasteiger partial charge in [-0.1, -0.05) is 0 Å². The van der Waals surface area contributed by atoms with Gasteiger partial charge in [0.05, 0.1) is 18.7 Å². The van der Waals surface area contributed by atoms with Gasteiger partial charge >= 0.3 is 5.97 Å². The van der Waals surface area contributed by atoms with Crippen LogP contribution in [0, 0.1) is 6.92 Å². The van der Waals surface area contributed by atoms with Crippen molar-refractivity contribution in [3.63, 3.8) is 0 Å². The normalized spacial score (nSPS) is 9.53. The van der Waals surface area contributed by atoms with Gasteiger partial charge < -0.3 is 10.5 Å². The molecule has 0 aliphatic rings. The van der Waals surface area contributed by atoms with Crippen molar-refractivity contribution >= 4 is 45.2 Å². The lowest BCUT2D eigenvalue weighted by Crippen LogP contribution is -2.13. The molecule has 0 atom stereocenters. The van der Waals surface area contributed by atoms with E-state index in [1.807, 2.05) is 6.92 Å². The fraction of sp³-hybridized carbons (Fsp3) is 0.500. The summed E-state index contributed by atoms with van der Waals surface area (Å²) in [5, 5.41) is 0.441. The molecule has 0 aromatic carbocycles. The molecule has 2 N–H and O–H groups in total. The number of thiazole rings is 1. The number of esters is 1. The topological polar surface area (TPSA) is 82.3 Å². The zero-order valence-corrected chi connectivity index (χ0v) is 12.2. The molecule has 17 heavy (non-hydrogen) atoms. The Labute approximate surface area is 114 Å². The maximum absolute atomic E-state index is 11.5. The maximum Gasteiger partial charge on any atom is 0.313 e. The fourth-order valence-corrected chi connectivity index (χ4v) is 1.94. The number of carbonyl (C=O) groups excluding carboxylic acids is 2. The van der Waals surface area contributed by atoms with Crippen LogP contribution in [0.4, 0.5) is 5.13 Å². The summed E-state index contributed by atoms with van der Waals surface area (Å²) in [7, 11) is 0. The van der Waals surface area contributed by atoms with Crippen LogP contribution in [-0.4, -0.2) is 23.3 Å². The first-order valence-electron chi connectivity index (χ1n) is 4.92. The number of nitrogens with two attached hydrogens (primary N) is 1. The molecule has 0 saturated carbocycles. The highest BCUT2D eigenvalue weighted by atomic mass is 79.9. The van der Waals surface area contributed by atoms with E-state index >= 15 is 0 Å². The number of hydrogen-bond donors (Lipinski definition) is 1. The predicted octanol–water partition coefficient (Wildman–Crippen LogP) is 1.68. The number of anilines is 1. The lowest BCUT2D eigenvalue weighted by atomic mass is 10.1. The predicted molar refractivity (Wildman–Crippen MR) is 71.5 cm³/mol. The highest BCUT2D eigenvalue weighted by molar-refractivity contribution is 8.93. The minimum atomic E-state index is -0.492. The second-order valence-corrected chi connectivity index (χ2v) is 4.49. The van der Waals surface area contributed by atoms with Crippen LogP contribution in [0.1, 0.15) is 23.9 Å². The van der Waals surface area contributed by atoms with Gasteiger partial charge in [0.2, 0.25) is 0 Å². The van der Waals surface area contributed by atoms with Crippen molar-refractivity contribution in [1.82, 2.24) is 4.98 Å². The molecule has 0 bridgehead atoms. The standard InChI is InChI=1S/C10H14N2O3S.BrH/c1-3-15-9(14)5-7(13)4-8-6(2)16-10(11)12-8;/h3-5H2,1-2H3,(H2,11,12);1H. The lowest BCUT2D eigenvalue weighted by Gasteiger charge is -2.00. The Morgan fingerprint density at radius 1 is 1.47 bits per heavy atom. The Morgan fingerprint density at radius 3 is 2.59 bits per heavy atom. The molecule has 0 saturated heterocycles. The van der Waals surface area contributed by atoms with Crippen LogP contribution in [0.3, 0.4) is 0 Å². The zero-order chi connectivity index (χ0) is 12.1. The summed E-state index contributed by atoms with van der Waals surface area (Å²) in [5.41, 5.74) is 6.16. The Kier molecular flexibility index (Phi) is 6.98. The van der Waals surface area contributed by atoms with Crippen molar-refractivity contribution in [1.29, 1.82) is 0 Å². The fourth-order valence-electron chi connectivity index (χ4n) is 1.24. The van der Waals surface area contributed by atoms with E-state index in [2.05, 4.69) is 9.72 Å². The van der Waals surface area contributed by atoms with Crippen LogP contribution in [0.25, 0.3) is 0 Å². The Morgan fingerprint density at radius 2 is 2.12 bits per heavy atom. The molecule has 1 rings (SSSR count). The second-order valence-electron chi connectivity index (χ2n) is 3.25. The number of carbonyl (C=O) groups is 2. The average molecular weight is 323 g/mol. The lowest BCUT2D eigenvalue weighted by molar-refractivity contribution is -0.145. The summed E-state index contributed by atoms with van der Waals surface area (Å²) < 4.78 is 4.68. The maximum atomic E-state index is 11.5. The van der Waals surface area contributed by atoms with E-state index in [1.54, 1.807) is 6.92 Å². The van der Waals surface area contributed by atoms with Gasteiger partial charge in [0.25, 0.3) is 0 Å². The van der Waals surface area contributed by atoms with Crippen LogP contribution >= 0.6 is 28.3 Å². The van der Waals surface area contributed by atoms with E-state index in [1.165, 1.54) is 11.3 Å². The van der Waals surface area contributed by atoms with Gasteiger partial charge in [-0.3, -0.25) is 9.59 Å². The number of rotatable bonds is 5. The van der Waals surface area contributed by atoms with E-state index in [-0.39, 0.29) is 42.2 Å². The average Bonchev–Trinajstić information content (AvgIpc) is 2.44. The molecule has 7 heteroatoms. The van der Waals surface area contributed by atoms with Gasteiger partial charge in [-0.2, -0.15) is 0 Å². The van der Waals surface area contributed by atoms with Crippen LogP contribution < -0.4 is 5.73 Å². The number of aromatic nitrogens is 1. The third-order valence-electron chi connectivity index (χ3n) is 1.92. The molecular weight excluding hydrogens is 308 g/mol. The number of nitrogens with zero attached hydrogens (tertiary/aromatic N) is 1. The molecule has 1 heterocycles. The smallest absolute Gasteiger partial charge is 0.313 e. The molecule has 96 valence electrons. The summed E-state index contributed by atoms with van der Waals surface area (Å²) in [6.45, 7) is 3.84. The van der Waals surface area contributed by atoms with Crippen LogP contribution in [0.15, 0.2) is 0 Å². The Hall–Kier alpha value is -0.950. The summed E-state index contributed by atoms with van der Waals surface area (Å²) in [4.78, 5) is 27.5. The van der Waals surface area contributed by atoms with Crippen LogP contribution in [0.2, 0.25) is 0 Å². The van der Waals surface area contributed by atoms with Crippen molar-refractivity contribution in [3.05, 3.63) is 10.6 Å². The SMILES string of the molecule is Br.CCOC(=O)CC(=O)Cc1nc(N)sc1C. The highest BCUT2D eigenvalue weighted by Gasteiger charge is 2.14. The number of nitrogen functional groups attached to an aromatic ring is 1. The minimum absolute atomic E-state index is 0. The first-order chi connectivity index (χ1) is 7.52. The van der Waals surface area contributed by atoms with Crippen molar-refractivity contribution in [3.8, 4) is 0 Å². The molecule has 0 radical (unpaired) electrons. The monoisotopic (exact) mass is 322 g/mol. The first kappa shape index (κ1) is 16.1. The Balaban J connectivity index is 0.00000256. The molecule has 0 spiro atoms. The van der Waals surface area contributed by atoms with Gasteiger partial charge in [-0.25, -0.2) is 4.98 Å². The van der Waals surface area contributed by atoms with Gasteiger partial charge in [-0.15, -0.1) is 28.3 Å². The minimum Gasteiger partial charge on any atom is -0.466 e. The van der Waals surface area contributed by atoms with Crippen LogP contribution in [-0.2, 0) is 20.7 Å². The second kappa shape index (κ2) is 7.39. The molecule has 0 aliphatic carbocycles. The third-order valence-corrected chi connectivity index (χ3v) is 2.76. The van der Waals surface area contributed by atoms with Crippen molar-refractivity contribution in [2.75, 3.05) is 12.3 Å². The number of ether oxygens (including phenoxy) is 1. The van der Waals surface area contributed by atoms with E-state index in [0.29, 0.717) is 10.8 Å². The number of ketones is 1. The van der Waals surface area contributed by atoms with Crippen molar-refractivity contribution in [2.24, 2.45) is 0 Å². The van der Waals surface area contributed by atoms with E-state index in [0.717, 1.165) is 4.88 Å². The van der Waals surface area contributed by atoms with Gasteiger partial charge in [0, 0.05) is 4.88 Å². The van der Waals surface area contributed by atoms with Gasteiger partial charge in [0.15, 0.2) is 5.13 Å². The first-order valence-corrected chi connectivity index (χ1v) is 5.73. The zero-order valence-electron chi connectivity index (χ0n) is 9.69.